The summed E-state index contributed by atoms with van der Waals surface area (Å²) < 4.78 is 12.4. The number of benzene rings is 1. The van der Waals surface area contributed by atoms with Gasteiger partial charge >= 0.3 is 0 Å². The maximum atomic E-state index is 6.35. The lowest BCUT2D eigenvalue weighted by atomic mass is 9.73. The van der Waals surface area contributed by atoms with Crippen LogP contribution in [0, 0.1) is 5.92 Å². The highest BCUT2D eigenvalue weighted by atomic mass is 32.1. The largest absolute Gasteiger partial charge is 0.497 e. The van der Waals surface area contributed by atoms with Gasteiger partial charge in [0.1, 0.15) is 5.75 Å². The van der Waals surface area contributed by atoms with Crippen LogP contribution in [0.2, 0.25) is 0 Å². The van der Waals surface area contributed by atoms with Crippen LogP contribution in [-0.4, -0.2) is 55.1 Å². The molecule has 5 heterocycles. The number of hydrogen-bond donors (Lipinski definition) is 1. The molecule has 1 aromatic heterocycles. The van der Waals surface area contributed by atoms with Crippen LogP contribution in [0.1, 0.15) is 12.8 Å². The molecule has 4 aliphatic rings. The van der Waals surface area contributed by atoms with Crippen molar-refractivity contribution in [2.24, 2.45) is 11.7 Å². The van der Waals surface area contributed by atoms with Gasteiger partial charge in [-0.2, -0.15) is 0 Å². The molecule has 2 atom stereocenters. The second-order valence-electron chi connectivity index (χ2n) is 7.06. The molecule has 2 bridgehead atoms. The zero-order valence-corrected chi connectivity index (χ0v) is 14.6. The summed E-state index contributed by atoms with van der Waals surface area (Å²) in [6.45, 7) is 4.14. The fraction of sp³-hybridized carbons (Fsp3) is 0.588. The normalized spacial score (nSPS) is 35.2. The van der Waals surface area contributed by atoms with Gasteiger partial charge in [-0.1, -0.05) is 11.3 Å². The van der Waals surface area contributed by atoms with Crippen molar-refractivity contribution in [1.29, 1.82) is 0 Å². The molecular formula is C17H22N4O2S. The first-order valence-electron chi connectivity index (χ1n) is 8.53. The predicted molar refractivity (Wildman–Crippen MR) is 94.5 cm³/mol. The van der Waals surface area contributed by atoms with Gasteiger partial charge < -0.3 is 19.3 Å². The number of anilines is 1. The van der Waals surface area contributed by atoms with Crippen molar-refractivity contribution < 1.29 is 9.47 Å². The van der Waals surface area contributed by atoms with Crippen molar-refractivity contribution in [1.82, 2.24) is 9.88 Å². The van der Waals surface area contributed by atoms with Crippen LogP contribution in [0.5, 0.6) is 5.75 Å². The van der Waals surface area contributed by atoms with Crippen LogP contribution in [-0.2, 0) is 4.74 Å². The highest BCUT2D eigenvalue weighted by molar-refractivity contribution is 7.22. The van der Waals surface area contributed by atoms with E-state index in [0.717, 1.165) is 27.6 Å². The first kappa shape index (κ1) is 14.9. The number of hydrogen-bond acceptors (Lipinski definition) is 7. The predicted octanol–water partition coefficient (Wildman–Crippen LogP) is 1.85. The van der Waals surface area contributed by atoms with Crippen molar-refractivity contribution >= 4 is 26.7 Å². The molecule has 2 unspecified atom stereocenters. The summed E-state index contributed by atoms with van der Waals surface area (Å²) in [5.41, 5.74) is 7.33. The number of nitrogens with zero attached hydrogens (tertiary/aromatic N) is 3. The first-order chi connectivity index (χ1) is 11.7. The van der Waals surface area contributed by atoms with Gasteiger partial charge in [-0.25, -0.2) is 4.98 Å². The Morgan fingerprint density at radius 3 is 2.92 bits per heavy atom. The number of nitrogens with two attached hydrogens (primary N) is 1. The van der Waals surface area contributed by atoms with E-state index in [1.54, 1.807) is 18.4 Å². The molecule has 4 aliphatic heterocycles. The Morgan fingerprint density at radius 2 is 2.21 bits per heavy atom. The van der Waals surface area contributed by atoms with Crippen LogP contribution < -0.4 is 15.4 Å². The Kier molecular flexibility index (Phi) is 3.28. The molecule has 7 heteroatoms. The maximum absolute atomic E-state index is 6.35. The second-order valence-corrected chi connectivity index (χ2v) is 8.06. The molecule has 2 N–H and O–H groups in total. The van der Waals surface area contributed by atoms with E-state index in [-0.39, 0.29) is 5.54 Å². The molecule has 6 nitrogen and oxygen atoms in total. The van der Waals surface area contributed by atoms with Crippen LogP contribution in [0.4, 0.5) is 5.13 Å². The number of rotatable bonds is 2. The Morgan fingerprint density at radius 1 is 1.38 bits per heavy atom. The lowest BCUT2D eigenvalue weighted by Crippen LogP contribution is -2.68. The van der Waals surface area contributed by atoms with Gasteiger partial charge in [0, 0.05) is 6.54 Å². The molecule has 128 valence electrons. The number of thiazole rings is 1. The molecular weight excluding hydrogens is 324 g/mol. The number of methoxy groups -OCH3 is 1. The van der Waals surface area contributed by atoms with E-state index in [2.05, 4.69) is 9.80 Å². The van der Waals surface area contributed by atoms with Crippen molar-refractivity contribution in [3.63, 3.8) is 0 Å². The Bertz CT molecular complexity index is 773. The van der Waals surface area contributed by atoms with E-state index >= 15 is 0 Å². The summed E-state index contributed by atoms with van der Waals surface area (Å²) in [5.74, 6) is 1.50. The van der Waals surface area contributed by atoms with Crippen molar-refractivity contribution in [3.05, 3.63) is 18.2 Å². The summed E-state index contributed by atoms with van der Waals surface area (Å²) in [7, 11) is 1.69. The SMILES string of the molecule is COc1ccc2nc(N3C(N)OCC34CN3CCC4CC3)sc2c1. The minimum Gasteiger partial charge on any atom is -0.497 e. The molecule has 0 amide bonds. The third-order valence-electron chi connectivity index (χ3n) is 5.87. The number of piperidine rings is 3. The van der Waals surface area contributed by atoms with Crippen molar-refractivity contribution in [2.45, 2.75) is 24.7 Å². The van der Waals surface area contributed by atoms with Gasteiger partial charge in [0.2, 0.25) is 0 Å². The molecule has 0 aliphatic carbocycles. The van der Waals surface area contributed by atoms with E-state index in [4.69, 9.17) is 20.2 Å². The van der Waals surface area contributed by atoms with Crippen LogP contribution in [0.25, 0.3) is 10.2 Å². The summed E-state index contributed by atoms with van der Waals surface area (Å²) in [6.07, 6.45) is 2.05. The number of fused-ring (bicyclic) bond motifs is 3. The zero-order valence-electron chi connectivity index (χ0n) is 13.8. The lowest BCUT2D eigenvalue weighted by molar-refractivity contribution is 0.0170. The lowest BCUT2D eigenvalue weighted by Gasteiger charge is -2.54. The molecule has 2 aromatic rings. The summed E-state index contributed by atoms with van der Waals surface area (Å²) in [6, 6.07) is 6.01. The fourth-order valence-electron chi connectivity index (χ4n) is 4.63. The van der Waals surface area contributed by atoms with Gasteiger partial charge in [0.15, 0.2) is 11.5 Å². The summed E-state index contributed by atoms with van der Waals surface area (Å²) >= 11 is 1.68. The Balaban J connectivity index is 1.58. The minimum absolute atomic E-state index is 0.0200. The maximum Gasteiger partial charge on any atom is 0.190 e. The number of aromatic nitrogens is 1. The van der Waals surface area contributed by atoms with Gasteiger partial charge in [-0.15, -0.1) is 0 Å². The molecule has 1 spiro atoms. The van der Waals surface area contributed by atoms with E-state index in [0.29, 0.717) is 12.5 Å². The monoisotopic (exact) mass is 346 g/mol. The van der Waals surface area contributed by atoms with Gasteiger partial charge in [0.05, 0.1) is 29.5 Å². The minimum atomic E-state index is -0.409. The van der Waals surface area contributed by atoms with Crippen LogP contribution in [0.3, 0.4) is 0 Å². The molecule has 4 saturated heterocycles. The molecule has 0 radical (unpaired) electrons. The van der Waals surface area contributed by atoms with Crippen molar-refractivity contribution in [3.8, 4) is 5.75 Å². The fourth-order valence-corrected chi connectivity index (χ4v) is 5.75. The highest BCUT2D eigenvalue weighted by Gasteiger charge is 2.56. The van der Waals surface area contributed by atoms with Gasteiger partial charge in [-0.05, 0) is 50.0 Å². The van der Waals surface area contributed by atoms with E-state index in [1.165, 1.54) is 25.9 Å². The Hall–Kier alpha value is -1.41. The van der Waals surface area contributed by atoms with Gasteiger partial charge in [0.25, 0.3) is 0 Å². The molecule has 0 saturated carbocycles. The Labute approximate surface area is 145 Å². The topological polar surface area (TPSA) is 63.9 Å². The third-order valence-corrected chi connectivity index (χ3v) is 6.89. The molecule has 4 fully saturated rings. The summed E-state index contributed by atoms with van der Waals surface area (Å²) in [4.78, 5) is 9.67. The molecule has 1 aromatic carbocycles. The third kappa shape index (κ3) is 2.02. The smallest absolute Gasteiger partial charge is 0.190 e. The summed E-state index contributed by atoms with van der Waals surface area (Å²) in [5, 5.41) is 0.969. The van der Waals surface area contributed by atoms with E-state index in [9.17, 15) is 0 Å². The quantitative estimate of drug-likeness (QED) is 0.895. The standard InChI is InChI=1S/C17H22N4O2S/c1-22-12-2-3-13-14(8-12)24-16(19-13)21-15(18)23-10-17(21)9-20-6-4-11(17)5-7-20/h2-3,8,11,15H,4-7,9-10,18H2,1H3. The van der Waals surface area contributed by atoms with Gasteiger partial charge in [-0.3, -0.25) is 5.73 Å². The van der Waals surface area contributed by atoms with E-state index in [1.807, 2.05) is 18.2 Å². The highest BCUT2D eigenvalue weighted by Crippen LogP contribution is 2.47. The second kappa shape index (κ2) is 5.29. The molecule has 6 rings (SSSR count). The zero-order chi connectivity index (χ0) is 16.3. The van der Waals surface area contributed by atoms with Crippen molar-refractivity contribution in [2.75, 3.05) is 38.3 Å². The van der Waals surface area contributed by atoms with Crippen LogP contribution >= 0.6 is 11.3 Å². The average molecular weight is 346 g/mol. The first-order valence-corrected chi connectivity index (χ1v) is 9.35. The molecule has 24 heavy (non-hydrogen) atoms. The number of ether oxygens (including phenoxy) is 2. The van der Waals surface area contributed by atoms with E-state index < -0.39 is 6.35 Å². The average Bonchev–Trinajstić information content (AvgIpc) is 3.16. The van der Waals surface area contributed by atoms with Crippen LogP contribution in [0.15, 0.2) is 18.2 Å².